The second-order valence-electron chi connectivity index (χ2n) is 4.27. The van der Waals surface area contributed by atoms with Crippen LogP contribution in [0.5, 0.6) is 0 Å². The molecule has 0 fully saturated rings. The molecule has 0 N–H and O–H groups in total. The van der Waals surface area contributed by atoms with E-state index in [9.17, 15) is 0 Å². The summed E-state index contributed by atoms with van der Waals surface area (Å²) in [6.07, 6.45) is 0.884. The number of alkyl halides is 1. The average Bonchev–Trinajstić information content (AvgIpc) is 2.35. The highest BCUT2D eigenvalue weighted by Crippen LogP contribution is 2.31. The summed E-state index contributed by atoms with van der Waals surface area (Å²) in [5, 5.41) is 0.827. The van der Waals surface area contributed by atoms with E-state index in [1.165, 1.54) is 11.1 Å². The van der Waals surface area contributed by atoms with Gasteiger partial charge in [-0.15, -0.1) is 0 Å². The van der Waals surface area contributed by atoms with Crippen molar-refractivity contribution in [3.05, 3.63) is 68.7 Å². The number of halogens is 3. The summed E-state index contributed by atoms with van der Waals surface area (Å²) in [7, 11) is 0. The summed E-state index contributed by atoms with van der Waals surface area (Å²) >= 11 is 13.5. The van der Waals surface area contributed by atoms with E-state index in [1.807, 2.05) is 18.2 Å². The van der Waals surface area contributed by atoms with Gasteiger partial charge in [-0.05, 0) is 42.2 Å². The minimum atomic E-state index is 0.272. The molecule has 0 saturated carbocycles. The van der Waals surface area contributed by atoms with Crippen LogP contribution in [0.25, 0.3) is 0 Å². The zero-order valence-corrected chi connectivity index (χ0v) is 13.9. The highest BCUT2D eigenvalue weighted by Gasteiger charge is 2.11. The summed E-state index contributed by atoms with van der Waals surface area (Å²) < 4.78 is 1.14. The smallest absolute Gasteiger partial charge is 0.0438 e. The molecule has 2 aromatic carbocycles. The quantitative estimate of drug-likeness (QED) is 0.558. The summed E-state index contributed by atoms with van der Waals surface area (Å²) in [5.74, 6) is 0. The minimum absolute atomic E-state index is 0.272. The van der Waals surface area contributed by atoms with Crippen molar-refractivity contribution < 1.29 is 0 Å². The lowest BCUT2D eigenvalue weighted by molar-refractivity contribution is 0.947. The summed E-state index contributed by atoms with van der Waals surface area (Å²) in [4.78, 5) is 0.272. The van der Waals surface area contributed by atoms with E-state index in [1.54, 1.807) is 0 Å². The lowest BCUT2D eigenvalue weighted by Crippen LogP contribution is -1.96. The van der Waals surface area contributed by atoms with Crippen LogP contribution in [0, 0.1) is 6.92 Å². The molecule has 0 aliphatic heterocycles. The molecule has 0 saturated heterocycles. The van der Waals surface area contributed by atoms with Crippen LogP contribution < -0.4 is 0 Å². The fourth-order valence-electron chi connectivity index (χ4n) is 1.78. The Hall–Kier alpha value is -0.310. The first kappa shape index (κ1) is 14.1. The number of hydrogen-bond acceptors (Lipinski definition) is 0. The van der Waals surface area contributed by atoms with Gasteiger partial charge in [-0.3, -0.25) is 0 Å². The zero-order valence-electron chi connectivity index (χ0n) is 9.96. The van der Waals surface area contributed by atoms with Crippen LogP contribution in [-0.2, 0) is 6.42 Å². The van der Waals surface area contributed by atoms with Gasteiger partial charge in [0.25, 0.3) is 0 Å². The first-order chi connectivity index (χ1) is 8.58. The maximum Gasteiger partial charge on any atom is 0.0438 e. The molecular formula is C15H13Br2Cl. The highest BCUT2D eigenvalue weighted by molar-refractivity contribution is 9.10. The Bertz CT molecular complexity index is 552. The summed E-state index contributed by atoms with van der Waals surface area (Å²) in [5.41, 5.74) is 3.67. The Morgan fingerprint density at radius 2 is 1.89 bits per heavy atom. The number of hydrogen-bond donors (Lipinski definition) is 0. The van der Waals surface area contributed by atoms with E-state index in [-0.39, 0.29) is 4.83 Å². The van der Waals surface area contributed by atoms with Crippen LogP contribution in [0.3, 0.4) is 0 Å². The molecule has 0 aliphatic rings. The van der Waals surface area contributed by atoms with E-state index in [0.717, 1.165) is 21.5 Å². The third-order valence-corrected chi connectivity index (χ3v) is 4.99. The molecule has 2 rings (SSSR count). The first-order valence-corrected chi connectivity index (χ1v) is 7.80. The minimum Gasteiger partial charge on any atom is -0.0840 e. The van der Waals surface area contributed by atoms with Gasteiger partial charge >= 0.3 is 0 Å². The van der Waals surface area contributed by atoms with Crippen molar-refractivity contribution in [1.29, 1.82) is 0 Å². The van der Waals surface area contributed by atoms with Crippen LogP contribution in [0.1, 0.15) is 21.5 Å². The van der Waals surface area contributed by atoms with Gasteiger partial charge in [-0.2, -0.15) is 0 Å². The van der Waals surface area contributed by atoms with E-state index < -0.39 is 0 Å². The van der Waals surface area contributed by atoms with Crippen molar-refractivity contribution in [2.24, 2.45) is 0 Å². The molecule has 1 atom stereocenters. The molecule has 0 spiro atoms. The number of benzene rings is 2. The molecule has 0 aromatic heterocycles. The molecule has 18 heavy (non-hydrogen) atoms. The molecule has 0 aliphatic carbocycles. The summed E-state index contributed by atoms with van der Waals surface area (Å²) in [6, 6.07) is 14.4. The zero-order chi connectivity index (χ0) is 13.1. The monoisotopic (exact) mass is 386 g/mol. The third-order valence-electron chi connectivity index (χ3n) is 2.91. The van der Waals surface area contributed by atoms with Gasteiger partial charge < -0.3 is 0 Å². The molecule has 3 heteroatoms. The predicted molar refractivity (Wildman–Crippen MR) is 85.7 cm³/mol. The van der Waals surface area contributed by atoms with Crippen molar-refractivity contribution >= 4 is 43.5 Å². The molecule has 94 valence electrons. The normalized spacial score (nSPS) is 12.4. The molecule has 0 radical (unpaired) electrons. The van der Waals surface area contributed by atoms with Crippen LogP contribution in [0.15, 0.2) is 46.9 Å². The van der Waals surface area contributed by atoms with Gasteiger partial charge in [0, 0.05) is 14.3 Å². The Labute approximate surface area is 130 Å². The van der Waals surface area contributed by atoms with Gasteiger partial charge in [-0.25, -0.2) is 0 Å². The summed E-state index contributed by atoms with van der Waals surface area (Å²) in [6.45, 7) is 2.09. The van der Waals surface area contributed by atoms with Crippen molar-refractivity contribution in [3.8, 4) is 0 Å². The van der Waals surface area contributed by atoms with Crippen LogP contribution in [0.2, 0.25) is 5.02 Å². The highest BCUT2D eigenvalue weighted by atomic mass is 79.9. The van der Waals surface area contributed by atoms with E-state index >= 15 is 0 Å². The fourth-order valence-corrected chi connectivity index (χ4v) is 3.02. The first-order valence-electron chi connectivity index (χ1n) is 5.71. The van der Waals surface area contributed by atoms with Crippen LogP contribution >= 0.6 is 43.5 Å². The molecule has 0 nitrogen and oxygen atoms in total. The molecule has 0 amide bonds. The van der Waals surface area contributed by atoms with Gasteiger partial charge in [0.15, 0.2) is 0 Å². The Morgan fingerprint density at radius 3 is 2.56 bits per heavy atom. The maximum atomic E-state index is 6.18. The van der Waals surface area contributed by atoms with E-state index in [0.29, 0.717) is 0 Å². The van der Waals surface area contributed by atoms with Gasteiger partial charge in [0.05, 0.1) is 0 Å². The molecule has 2 aromatic rings. The molecular weight excluding hydrogens is 375 g/mol. The third kappa shape index (κ3) is 3.37. The Kier molecular flexibility index (Phi) is 4.88. The van der Waals surface area contributed by atoms with Crippen molar-refractivity contribution in [2.75, 3.05) is 0 Å². The average molecular weight is 389 g/mol. The fraction of sp³-hybridized carbons (Fsp3) is 0.200. The van der Waals surface area contributed by atoms with Gasteiger partial charge in [0.1, 0.15) is 0 Å². The Balaban J connectivity index is 2.19. The van der Waals surface area contributed by atoms with Crippen molar-refractivity contribution in [1.82, 2.24) is 0 Å². The largest absolute Gasteiger partial charge is 0.0840 e. The molecule has 0 bridgehead atoms. The maximum absolute atomic E-state index is 6.18. The van der Waals surface area contributed by atoms with E-state index in [2.05, 4.69) is 63.0 Å². The topological polar surface area (TPSA) is 0 Å². The molecule has 1 unspecified atom stereocenters. The standard InChI is InChI=1S/C15H13Br2Cl/c1-10-6-7-11(8-13(10)16)14(17)9-12-4-2-3-5-15(12)18/h2-8,14H,9H2,1H3. The molecule has 0 heterocycles. The van der Waals surface area contributed by atoms with Gasteiger partial charge in [-0.1, -0.05) is 73.8 Å². The van der Waals surface area contributed by atoms with Crippen molar-refractivity contribution in [2.45, 2.75) is 18.2 Å². The van der Waals surface area contributed by atoms with Crippen molar-refractivity contribution in [3.63, 3.8) is 0 Å². The second-order valence-corrected chi connectivity index (χ2v) is 6.64. The second kappa shape index (κ2) is 6.23. The van der Waals surface area contributed by atoms with Crippen LogP contribution in [-0.4, -0.2) is 0 Å². The number of aryl methyl sites for hydroxylation is 1. The lowest BCUT2D eigenvalue weighted by atomic mass is 10.0. The van der Waals surface area contributed by atoms with E-state index in [4.69, 9.17) is 11.6 Å². The SMILES string of the molecule is Cc1ccc(C(Br)Cc2ccccc2Cl)cc1Br. The predicted octanol–water partition coefficient (Wildman–Crippen LogP) is 6.09. The lowest BCUT2D eigenvalue weighted by Gasteiger charge is -2.12. The van der Waals surface area contributed by atoms with Gasteiger partial charge in [0.2, 0.25) is 0 Å². The van der Waals surface area contributed by atoms with Crippen LogP contribution in [0.4, 0.5) is 0 Å². The Morgan fingerprint density at radius 1 is 1.17 bits per heavy atom. The number of rotatable bonds is 3.